The number of benzene rings is 3. The van der Waals surface area contributed by atoms with E-state index in [1.165, 1.54) is 0 Å². The second kappa shape index (κ2) is 9.20. The molecule has 0 unspecified atom stereocenters. The molecule has 6 aromatic rings. The fourth-order valence-corrected chi connectivity index (χ4v) is 3.98. The van der Waals surface area contributed by atoms with Gasteiger partial charge in [-0.2, -0.15) is 4.98 Å². The number of carbonyl (C=O) groups is 1. The van der Waals surface area contributed by atoms with Crippen molar-refractivity contribution in [2.24, 2.45) is 0 Å². The number of nitrogens with one attached hydrogen (secondary N) is 1. The quantitative estimate of drug-likeness (QED) is 0.331. The van der Waals surface area contributed by atoms with Crippen molar-refractivity contribution in [2.75, 3.05) is 11.1 Å². The summed E-state index contributed by atoms with van der Waals surface area (Å²) in [5, 5.41) is 14.1. The van der Waals surface area contributed by atoms with Crippen LogP contribution in [0.4, 0.5) is 20.3 Å². The van der Waals surface area contributed by atoms with Gasteiger partial charge in [0.15, 0.2) is 17.3 Å². The highest BCUT2D eigenvalue weighted by Crippen LogP contribution is 2.28. The predicted octanol–water partition coefficient (Wildman–Crippen LogP) is 4.30. The molecule has 3 N–H and O–H groups in total. The maximum atomic E-state index is 13.6. The lowest BCUT2D eigenvalue weighted by atomic mass is 10.2. The van der Waals surface area contributed by atoms with Crippen LogP contribution >= 0.6 is 0 Å². The van der Waals surface area contributed by atoms with Crippen LogP contribution in [0.1, 0.15) is 0 Å². The highest BCUT2D eigenvalue weighted by atomic mass is 19.1. The molecule has 3 aromatic heterocycles. The molecule has 0 saturated carbocycles. The summed E-state index contributed by atoms with van der Waals surface area (Å²) in [5.41, 5.74) is 8.52. The first kappa shape index (κ1) is 23.0. The average Bonchev–Trinajstić information content (AvgIpc) is 3.63. The van der Waals surface area contributed by atoms with Gasteiger partial charge >= 0.3 is 0 Å². The number of amides is 1. The number of para-hydroxylation sites is 2. The number of aromatic nitrogens is 6. The van der Waals surface area contributed by atoms with Crippen LogP contribution in [0.3, 0.4) is 0 Å². The lowest BCUT2D eigenvalue weighted by Gasteiger charge is -2.09. The third-order valence-electron chi connectivity index (χ3n) is 5.62. The largest absolute Gasteiger partial charge is 0.379 e. The molecule has 13 heteroatoms. The summed E-state index contributed by atoms with van der Waals surface area (Å²) in [6.07, 6.45) is 0. The third-order valence-corrected chi connectivity index (χ3v) is 5.62. The van der Waals surface area contributed by atoms with Crippen molar-refractivity contribution in [3.8, 4) is 34.4 Å². The van der Waals surface area contributed by atoms with Crippen molar-refractivity contribution in [1.82, 2.24) is 30.0 Å². The number of hydrogen-bond donors (Lipinski definition) is 2. The van der Waals surface area contributed by atoms with E-state index in [9.17, 15) is 13.6 Å². The zero-order valence-corrected chi connectivity index (χ0v) is 19.3. The van der Waals surface area contributed by atoms with Crippen LogP contribution in [0.5, 0.6) is 0 Å². The Kier molecular flexibility index (Phi) is 5.56. The number of hydrogen-bond acceptors (Lipinski definition) is 9. The van der Waals surface area contributed by atoms with Gasteiger partial charge in [-0.25, -0.2) is 18.4 Å². The Balaban J connectivity index is 1.25. The van der Waals surface area contributed by atoms with Crippen molar-refractivity contribution in [3.05, 3.63) is 78.4 Å². The van der Waals surface area contributed by atoms with E-state index in [1.807, 2.05) is 18.2 Å². The van der Waals surface area contributed by atoms with E-state index < -0.39 is 11.6 Å². The maximum absolute atomic E-state index is 13.6. The Labute approximate surface area is 211 Å². The molecule has 0 bridgehead atoms. The molecule has 0 aliphatic heterocycles. The Morgan fingerprint density at radius 2 is 1.74 bits per heavy atom. The van der Waals surface area contributed by atoms with E-state index >= 15 is 0 Å². The Hall–Kier alpha value is -5.46. The van der Waals surface area contributed by atoms with E-state index in [1.54, 1.807) is 34.9 Å². The number of nitrogens with zero attached hydrogens (tertiary/aromatic N) is 6. The van der Waals surface area contributed by atoms with Crippen LogP contribution in [0.15, 0.2) is 75.9 Å². The minimum Gasteiger partial charge on any atom is -0.379 e. The van der Waals surface area contributed by atoms with E-state index in [4.69, 9.17) is 14.9 Å². The minimum absolute atomic E-state index is 0.0472. The summed E-state index contributed by atoms with van der Waals surface area (Å²) < 4.78 is 38.7. The monoisotopic (exact) mass is 514 g/mol. The second-order valence-corrected chi connectivity index (χ2v) is 8.22. The molecule has 0 aliphatic rings. The molecule has 3 heterocycles. The van der Waals surface area contributed by atoms with Crippen LogP contribution in [0.25, 0.3) is 45.4 Å². The molecular formula is C25H16F2N8O3. The van der Waals surface area contributed by atoms with Crippen molar-refractivity contribution < 1.29 is 22.7 Å². The number of imidazole rings is 1. The van der Waals surface area contributed by atoms with Crippen LogP contribution < -0.4 is 11.1 Å². The SMILES string of the molecule is Nc1nonc1-c1nc2ccccc2n1CC(=O)Nc1cccc(-c2noc(-c3cc(F)cc(F)c3)n2)c1. The van der Waals surface area contributed by atoms with Gasteiger partial charge in [-0.1, -0.05) is 29.4 Å². The molecule has 0 spiro atoms. The number of carbonyl (C=O) groups excluding carboxylic acids is 1. The van der Waals surface area contributed by atoms with E-state index in [-0.39, 0.29) is 41.2 Å². The summed E-state index contributed by atoms with van der Waals surface area (Å²) in [7, 11) is 0. The number of anilines is 2. The lowest BCUT2D eigenvalue weighted by molar-refractivity contribution is -0.116. The van der Waals surface area contributed by atoms with Gasteiger partial charge < -0.3 is 20.1 Å². The zero-order chi connectivity index (χ0) is 26.2. The molecule has 0 atom stereocenters. The fraction of sp³-hybridized carbons (Fsp3) is 0.0400. The molecular weight excluding hydrogens is 498 g/mol. The number of fused-ring (bicyclic) bond motifs is 1. The number of nitrogens with two attached hydrogens (primary N) is 1. The summed E-state index contributed by atoms with van der Waals surface area (Å²) >= 11 is 0. The molecule has 1 amide bonds. The first-order chi connectivity index (χ1) is 18.4. The average molecular weight is 514 g/mol. The molecule has 0 saturated heterocycles. The van der Waals surface area contributed by atoms with Gasteiger partial charge in [-0.3, -0.25) is 4.79 Å². The molecule has 0 fully saturated rings. The second-order valence-electron chi connectivity index (χ2n) is 8.22. The first-order valence-electron chi connectivity index (χ1n) is 11.2. The Morgan fingerprint density at radius 1 is 0.921 bits per heavy atom. The van der Waals surface area contributed by atoms with Crippen molar-refractivity contribution >= 4 is 28.4 Å². The van der Waals surface area contributed by atoms with Crippen LogP contribution in [-0.4, -0.2) is 35.9 Å². The topological polar surface area (TPSA) is 151 Å². The molecule has 0 radical (unpaired) electrons. The summed E-state index contributed by atoms with van der Waals surface area (Å²) in [5.74, 6) is -1.36. The lowest BCUT2D eigenvalue weighted by Crippen LogP contribution is -2.19. The first-order valence-corrected chi connectivity index (χ1v) is 11.2. The third kappa shape index (κ3) is 4.32. The van der Waals surface area contributed by atoms with Gasteiger partial charge in [0.25, 0.3) is 5.89 Å². The van der Waals surface area contributed by atoms with Crippen LogP contribution in [0.2, 0.25) is 0 Å². The van der Waals surface area contributed by atoms with E-state index in [0.29, 0.717) is 28.1 Å². The number of nitrogen functional groups attached to an aromatic ring is 1. The fourth-order valence-electron chi connectivity index (χ4n) is 3.98. The molecule has 0 aliphatic carbocycles. The smallest absolute Gasteiger partial charge is 0.258 e. The summed E-state index contributed by atoms with van der Waals surface area (Å²) in [4.78, 5) is 21.8. The van der Waals surface area contributed by atoms with Gasteiger partial charge in [0.05, 0.1) is 11.0 Å². The maximum Gasteiger partial charge on any atom is 0.258 e. The number of rotatable bonds is 6. The molecule has 11 nitrogen and oxygen atoms in total. The van der Waals surface area contributed by atoms with E-state index in [0.717, 1.165) is 18.2 Å². The molecule has 38 heavy (non-hydrogen) atoms. The minimum atomic E-state index is -0.763. The predicted molar refractivity (Wildman–Crippen MR) is 131 cm³/mol. The van der Waals surface area contributed by atoms with Crippen molar-refractivity contribution in [2.45, 2.75) is 6.54 Å². The van der Waals surface area contributed by atoms with Gasteiger partial charge in [0, 0.05) is 22.9 Å². The summed E-state index contributed by atoms with van der Waals surface area (Å²) in [6.45, 7) is -0.107. The van der Waals surface area contributed by atoms with Gasteiger partial charge in [-0.15, -0.1) is 0 Å². The standard InChI is InChI=1S/C25H16F2N8O3/c26-15-8-14(9-16(27)11-15)25-31-23(34-37-25)13-4-3-5-17(10-13)29-20(36)12-35-19-7-2-1-6-18(19)30-24(35)21-22(28)33-38-32-21/h1-11H,12H2,(H2,28,33)(H,29,36). The zero-order valence-electron chi connectivity index (χ0n) is 19.3. The molecule has 6 rings (SSSR count). The Morgan fingerprint density at radius 3 is 2.53 bits per heavy atom. The highest BCUT2D eigenvalue weighted by Gasteiger charge is 2.21. The van der Waals surface area contributed by atoms with Gasteiger partial charge in [0.1, 0.15) is 18.2 Å². The highest BCUT2D eigenvalue weighted by molar-refractivity contribution is 5.93. The van der Waals surface area contributed by atoms with Crippen molar-refractivity contribution in [1.29, 1.82) is 0 Å². The van der Waals surface area contributed by atoms with Crippen LogP contribution in [-0.2, 0) is 11.3 Å². The van der Waals surface area contributed by atoms with Crippen LogP contribution in [0, 0.1) is 11.6 Å². The van der Waals surface area contributed by atoms with Gasteiger partial charge in [-0.05, 0) is 46.7 Å². The summed E-state index contributed by atoms with van der Waals surface area (Å²) in [6, 6.07) is 16.9. The van der Waals surface area contributed by atoms with Crippen molar-refractivity contribution in [3.63, 3.8) is 0 Å². The normalized spacial score (nSPS) is 11.2. The Bertz CT molecular complexity index is 1790. The van der Waals surface area contributed by atoms with Gasteiger partial charge in [0.2, 0.25) is 11.7 Å². The molecule has 3 aromatic carbocycles. The molecule has 188 valence electrons. The number of halogens is 2. The van der Waals surface area contributed by atoms with E-state index in [2.05, 4.69) is 30.8 Å².